The molecule has 0 aromatic heterocycles. The molecule has 2 rings (SSSR count). The lowest BCUT2D eigenvalue weighted by atomic mass is 10.1. The maximum absolute atomic E-state index is 13.0. The van der Waals surface area contributed by atoms with Crippen LogP contribution in [0.15, 0.2) is 18.2 Å². The highest BCUT2D eigenvalue weighted by atomic mass is 19.1. The summed E-state index contributed by atoms with van der Waals surface area (Å²) < 4.78 is 18.1. The fraction of sp³-hybridized carbons (Fsp3) is 0.300. The number of alkyl halides is 1. The van der Waals surface area contributed by atoms with Gasteiger partial charge in [0.2, 0.25) is 0 Å². The van der Waals surface area contributed by atoms with Crippen LogP contribution in [0.5, 0.6) is 5.75 Å². The molecule has 0 bridgehead atoms. The van der Waals surface area contributed by atoms with E-state index in [0.717, 1.165) is 0 Å². The monoisotopic (exact) mass is 180 g/mol. The molecule has 1 aromatic rings. The van der Waals surface area contributed by atoms with Crippen molar-refractivity contribution in [3.63, 3.8) is 0 Å². The molecule has 0 heterocycles. The molecule has 0 spiro atoms. The van der Waals surface area contributed by atoms with Crippen molar-refractivity contribution in [2.75, 3.05) is 7.11 Å². The highest BCUT2D eigenvalue weighted by molar-refractivity contribution is 6.04. The van der Waals surface area contributed by atoms with Gasteiger partial charge >= 0.3 is 0 Å². The Morgan fingerprint density at radius 3 is 3.00 bits per heavy atom. The van der Waals surface area contributed by atoms with Gasteiger partial charge in [-0.1, -0.05) is 12.1 Å². The minimum absolute atomic E-state index is 0.151. The van der Waals surface area contributed by atoms with E-state index in [9.17, 15) is 9.18 Å². The largest absolute Gasteiger partial charge is 0.496 e. The number of ketones is 1. The number of halogens is 1. The van der Waals surface area contributed by atoms with Gasteiger partial charge in [0.1, 0.15) is 5.75 Å². The number of methoxy groups -OCH3 is 1. The average molecular weight is 180 g/mol. The van der Waals surface area contributed by atoms with Crippen molar-refractivity contribution >= 4 is 5.78 Å². The molecule has 68 valence electrons. The van der Waals surface area contributed by atoms with Crippen LogP contribution in [0.3, 0.4) is 0 Å². The van der Waals surface area contributed by atoms with Gasteiger partial charge in [-0.25, -0.2) is 4.39 Å². The minimum atomic E-state index is -1.38. The van der Waals surface area contributed by atoms with Gasteiger partial charge in [-0.15, -0.1) is 0 Å². The van der Waals surface area contributed by atoms with Crippen LogP contribution in [-0.4, -0.2) is 19.1 Å². The van der Waals surface area contributed by atoms with Crippen molar-refractivity contribution in [3.8, 4) is 5.75 Å². The Labute approximate surface area is 75.3 Å². The molecular weight excluding hydrogens is 171 g/mol. The van der Waals surface area contributed by atoms with Crippen LogP contribution in [-0.2, 0) is 6.42 Å². The standard InChI is InChI=1S/C10H9FO2/c1-13-9-4-2-3-6-7(9)5-8(11)10(6)12/h2-4,8H,5H2,1H3. The summed E-state index contributed by atoms with van der Waals surface area (Å²) in [5, 5.41) is 0. The smallest absolute Gasteiger partial charge is 0.197 e. The van der Waals surface area contributed by atoms with E-state index in [0.29, 0.717) is 16.9 Å². The summed E-state index contributed by atoms with van der Waals surface area (Å²) in [6.45, 7) is 0. The van der Waals surface area contributed by atoms with Crippen molar-refractivity contribution in [1.29, 1.82) is 0 Å². The van der Waals surface area contributed by atoms with Crippen molar-refractivity contribution in [3.05, 3.63) is 29.3 Å². The summed E-state index contributed by atoms with van der Waals surface area (Å²) in [4.78, 5) is 11.2. The molecule has 1 aliphatic rings. The molecule has 0 saturated carbocycles. The molecule has 13 heavy (non-hydrogen) atoms. The Bertz CT molecular complexity index is 360. The zero-order chi connectivity index (χ0) is 9.42. The van der Waals surface area contributed by atoms with Gasteiger partial charge in [-0.2, -0.15) is 0 Å². The molecule has 1 aromatic carbocycles. The Kier molecular flexibility index (Phi) is 1.79. The third-order valence-electron chi connectivity index (χ3n) is 2.29. The summed E-state index contributed by atoms with van der Waals surface area (Å²) in [5.74, 6) is 0.180. The topological polar surface area (TPSA) is 26.3 Å². The van der Waals surface area contributed by atoms with E-state index in [2.05, 4.69) is 0 Å². The van der Waals surface area contributed by atoms with Crippen LogP contribution in [0, 0.1) is 0 Å². The lowest BCUT2D eigenvalue weighted by Gasteiger charge is -2.04. The molecule has 0 aliphatic heterocycles. The first-order chi connectivity index (χ1) is 6.24. The van der Waals surface area contributed by atoms with Crippen molar-refractivity contribution in [1.82, 2.24) is 0 Å². The second kappa shape index (κ2) is 2.83. The fourth-order valence-corrected chi connectivity index (χ4v) is 1.64. The van der Waals surface area contributed by atoms with E-state index in [4.69, 9.17) is 4.74 Å². The molecule has 1 unspecified atom stereocenters. The minimum Gasteiger partial charge on any atom is -0.496 e. The van der Waals surface area contributed by atoms with Crippen LogP contribution >= 0.6 is 0 Å². The second-order valence-corrected chi connectivity index (χ2v) is 3.02. The normalized spacial score (nSPS) is 20.2. The average Bonchev–Trinajstić information content (AvgIpc) is 2.43. The lowest BCUT2D eigenvalue weighted by Crippen LogP contribution is -2.07. The first-order valence-electron chi connectivity index (χ1n) is 4.08. The molecule has 0 radical (unpaired) electrons. The van der Waals surface area contributed by atoms with Crippen molar-refractivity contribution in [2.24, 2.45) is 0 Å². The van der Waals surface area contributed by atoms with E-state index in [1.54, 1.807) is 18.2 Å². The molecule has 0 N–H and O–H groups in total. The SMILES string of the molecule is COc1cccc2c1CC(F)C2=O. The first-order valence-corrected chi connectivity index (χ1v) is 4.08. The number of fused-ring (bicyclic) bond motifs is 1. The summed E-state index contributed by atoms with van der Waals surface area (Å²) in [6.07, 6.45) is -1.23. The number of carbonyl (C=O) groups is 1. The van der Waals surface area contributed by atoms with Crippen LogP contribution in [0.25, 0.3) is 0 Å². The number of hydrogen-bond acceptors (Lipinski definition) is 2. The van der Waals surface area contributed by atoms with E-state index < -0.39 is 12.0 Å². The zero-order valence-corrected chi connectivity index (χ0v) is 7.21. The Balaban J connectivity index is 2.55. The van der Waals surface area contributed by atoms with Crippen LogP contribution in [0.2, 0.25) is 0 Å². The van der Waals surface area contributed by atoms with E-state index in [1.165, 1.54) is 7.11 Å². The molecule has 0 amide bonds. The number of ether oxygens (including phenoxy) is 1. The Morgan fingerprint density at radius 1 is 1.54 bits per heavy atom. The zero-order valence-electron chi connectivity index (χ0n) is 7.21. The third-order valence-corrected chi connectivity index (χ3v) is 2.29. The van der Waals surface area contributed by atoms with Gasteiger partial charge in [0.05, 0.1) is 7.11 Å². The molecule has 1 atom stereocenters. The Hall–Kier alpha value is -1.38. The number of carbonyl (C=O) groups excluding carboxylic acids is 1. The van der Waals surface area contributed by atoms with Gasteiger partial charge in [0.15, 0.2) is 12.0 Å². The molecule has 0 saturated heterocycles. The first kappa shape index (κ1) is 8.23. The highest BCUT2D eigenvalue weighted by Gasteiger charge is 2.32. The van der Waals surface area contributed by atoms with E-state index >= 15 is 0 Å². The van der Waals surface area contributed by atoms with Gasteiger partial charge in [0, 0.05) is 17.5 Å². The maximum atomic E-state index is 13.0. The molecule has 2 nitrogen and oxygen atoms in total. The molecular formula is C10H9FO2. The van der Waals surface area contributed by atoms with Crippen LogP contribution in [0.1, 0.15) is 15.9 Å². The number of Topliss-reactive ketones (excluding diaryl/α,β-unsaturated/α-hetero) is 1. The predicted molar refractivity (Wildman–Crippen MR) is 45.9 cm³/mol. The number of rotatable bonds is 1. The number of hydrogen-bond donors (Lipinski definition) is 0. The summed E-state index contributed by atoms with van der Waals surface area (Å²) in [5.41, 5.74) is 1.16. The van der Waals surface area contributed by atoms with Crippen LogP contribution < -0.4 is 4.74 Å². The molecule has 3 heteroatoms. The molecule has 0 fully saturated rings. The van der Waals surface area contributed by atoms with Gasteiger partial charge in [0.25, 0.3) is 0 Å². The summed E-state index contributed by atoms with van der Waals surface area (Å²) in [7, 11) is 1.52. The molecule has 1 aliphatic carbocycles. The highest BCUT2D eigenvalue weighted by Crippen LogP contribution is 2.31. The van der Waals surface area contributed by atoms with E-state index in [-0.39, 0.29) is 6.42 Å². The quantitative estimate of drug-likeness (QED) is 0.658. The lowest BCUT2D eigenvalue weighted by molar-refractivity contribution is 0.0899. The summed E-state index contributed by atoms with van der Waals surface area (Å²) in [6, 6.07) is 5.08. The van der Waals surface area contributed by atoms with E-state index in [1.807, 2.05) is 0 Å². The van der Waals surface area contributed by atoms with Crippen molar-refractivity contribution < 1.29 is 13.9 Å². The van der Waals surface area contributed by atoms with Crippen molar-refractivity contribution in [2.45, 2.75) is 12.6 Å². The van der Waals surface area contributed by atoms with Gasteiger partial charge < -0.3 is 4.74 Å². The van der Waals surface area contributed by atoms with Gasteiger partial charge in [-0.3, -0.25) is 4.79 Å². The van der Waals surface area contributed by atoms with Crippen LogP contribution in [0.4, 0.5) is 4.39 Å². The summed E-state index contributed by atoms with van der Waals surface area (Å²) >= 11 is 0. The third kappa shape index (κ3) is 1.11. The maximum Gasteiger partial charge on any atom is 0.197 e. The van der Waals surface area contributed by atoms with Gasteiger partial charge in [-0.05, 0) is 6.07 Å². The second-order valence-electron chi connectivity index (χ2n) is 3.02. The Morgan fingerprint density at radius 2 is 2.31 bits per heavy atom. The number of benzene rings is 1. The fourth-order valence-electron chi connectivity index (χ4n) is 1.64. The predicted octanol–water partition coefficient (Wildman–Crippen LogP) is 1.77.